The van der Waals surface area contributed by atoms with E-state index in [-0.39, 0.29) is 0 Å². The summed E-state index contributed by atoms with van der Waals surface area (Å²) in [4.78, 5) is 2.71. The van der Waals surface area contributed by atoms with E-state index < -0.39 is 11.7 Å². The molecule has 0 amide bonds. The summed E-state index contributed by atoms with van der Waals surface area (Å²) in [5, 5.41) is 7.23. The van der Waals surface area contributed by atoms with Gasteiger partial charge >= 0.3 is 6.18 Å². The first-order valence-electron chi connectivity index (χ1n) is 4.11. The van der Waals surface area contributed by atoms with Crippen molar-refractivity contribution in [1.82, 2.24) is 15.2 Å². The molecule has 0 saturated carbocycles. The van der Waals surface area contributed by atoms with Crippen LogP contribution in [-0.4, -0.2) is 15.2 Å². The quantitative estimate of drug-likeness (QED) is 0.790. The lowest BCUT2D eigenvalue weighted by Crippen LogP contribution is -2.04. The molecule has 0 aliphatic heterocycles. The maximum Gasteiger partial charge on any atom is 0.416 e. The van der Waals surface area contributed by atoms with Crippen molar-refractivity contribution < 1.29 is 13.2 Å². The van der Waals surface area contributed by atoms with Crippen molar-refractivity contribution in [1.29, 1.82) is 0 Å². The zero-order valence-corrected chi connectivity index (χ0v) is 7.42. The molecule has 0 saturated heterocycles. The number of aromatic amines is 1. The largest absolute Gasteiger partial charge is 0.416 e. The topological polar surface area (TPSA) is 41.6 Å². The van der Waals surface area contributed by atoms with Gasteiger partial charge in [0.1, 0.15) is 6.33 Å². The lowest BCUT2D eigenvalue weighted by Gasteiger charge is -2.06. The number of hydrogen-bond acceptors (Lipinski definition) is 2. The van der Waals surface area contributed by atoms with Gasteiger partial charge < -0.3 is 4.98 Å². The Bertz CT molecular complexity index is 431. The Morgan fingerprint density at radius 3 is 2.20 bits per heavy atom. The molecule has 6 heteroatoms. The SMILES string of the molecule is FC(F)(F)c1ccc(-c2nnc[nH]2)cc1. The molecule has 0 spiro atoms. The first-order valence-corrected chi connectivity index (χ1v) is 4.11. The predicted molar refractivity (Wildman–Crippen MR) is 46.8 cm³/mol. The number of aromatic nitrogens is 3. The fraction of sp³-hybridized carbons (Fsp3) is 0.111. The molecule has 0 unspecified atom stereocenters. The Morgan fingerprint density at radius 2 is 1.73 bits per heavy atom. The first-order chi connectivity index (χ1) is 7.07. The van der Waals surface area contributed by atoms with Crippen LogP contribution in [0.15, 0.2) is 30.6 Å². The third-order valence-corrected chi connectivity index (χ3v) is 1.90. The van der Waals surface area contributed by atoms with Crippen LogP contribution >= 0.6 is 0 Å². The zero-order valence-electron chi connectivity index (χ0n) is 7.42. The number of alkyl halides is 3. The van der Waals surface area contributed by atoms with Gasteiger partial charge in [-0.3, -0.25) is 0 Å². The molecule has 78 valence electrons. The molecule has 0 fully saturated rings. The predicted octanol–water partition coefficient (Wildman–Crippen LogP) is 2.49. The Balaban J connectivity index is 2.33. The lowest BCUT2D eigenvalue weighted by molar-refractivity contribution is -0.137. The van der Waals surface area contributed by atoms with Crippen LogP contribution in [0.25, 0.3) is 11.4 Å². The third-order valence-electron chi connectivity index (χ3n) is 1.90. The van der Waals surface area contributed by atoms with E-state index in [1.54, 1.807) is 0 Å². The lowest BCUT2D eigenvalue weighted by atomic mass is 10.1. The highest BCUT2D eigenvalue weighted by molar-refractivity contribution is 5.54. The van der Waals surface area contributed by atoms with Gasteiger partial charge in [0.15, 0.2) is 5.82 Å². The van der Waals surface area contributed by atoms with Crippen LogP contribution in [0.5, 0.6) is 0 Å². The molecule has 0 aliphatic carbocycles. The van der Waals surface area contributed by atoms with Crippen molar-refractivity contribution >= 4 is 0 Å². The normalized spacial score (nSPS) is 11.7. The summed E-state index contributed by atoms with van der Waals surface area (Å²) in [5.41, 5.74) is -0.105. The van der Waals surface area contributed by atoms with Crippen LogP contribution in [0.1, 0.15) is 5.56 Å². The van der Waals surface area contributed by atoms with Gasteiger partial charge in [-0.1, -0.05) is 12.1 Å². The number of benzene rings is 1. The minimum Gasteiger partial charge on any atom is -0.328 e. The summed E-state index contributed by atoms with van der Waals surface area (Å²) in [6.45, 7) is 0. The molecular weight excluding hydrogens is 207 g/mol. The van der Waals surface area contributed by atoms with Gasteiger partial charge in [-0.2, -0.15) is 13.2 Å². The van der Waals surface area contributed by atoms with Gasteiger partial charge in [-0.15, -0.1) is 10.2 Å². The second kappa shape index (κ2) is 3.38. The van der Waals surface area contributed by atoms with E-state index in [1.807, 2.05) is 0 Å². The second-order valence-electron chi connectivity index (χ2n) is 2.91. The molecule has 0 aliphatic rings. The van der Waals surface area contributed by atoms with Crippen molar-refractivity contribution in [2.45, 2.75) is 6.18 Å². The van der Waals surface area contributed by atoms with E-state index in [1.165, 1.54) is 18.5 Å². The molecule has 0 atom stereocenters. The molecular formula is C9H6F3N3. The van der Waals surface area contributed by atoms with Crippen molar-refractivity contribution in [3.8, 4) is 11.4 Å². The van der Waals surface area contributed by atoms with Crippen LogP contribution < -0.4 is 0 Å². The fourth-order valence-corrected chi connectivity index (χ4v) is 1.16. The highest BCUT2D eigenvalue weighted by atomic mass is 19.4. The zero-order chi connectivity index (χ0) is 10.9. The van der Waals surface area contributed by atoms with Crippen molar-refractivity contribution in [2.24, 2.45) is 0 Å². The monoisotopic (exact) mass is 213 g/mol. The summed E-state index contributed by atoms with van der Waals surface area (Å²) in [6.07, 6.45) is -2.94. The number of nitrogens with one attached hydrogen (secondary N) is 1. The highest BCUT2D eigenvalue weighted by Crippen LogP contribution is 2.30. The van der Waals surface area contributed by atoms with Gasteiger partial charge in [-0.05, 0) is 12.1 Å². The summed E-state index contributed by atoms with van der Waals surface area (Å²) >= 11 is 0. The van der Waals surface area contributed by atoms with Crippen molar-refractivity contribution in [3.05, 3.63) is 36.2 Å². The third kappa shape index (κ3) is 1.98. The Kier molecular flexibility index (Phi) is 2.18. The van der Waals surface area contributed by atoms with Crippen LogP contribution in [0.4, 0.5) is 13.2 Å². The number of halogens is 3. The van der Waals surface area contributed by atoms with Crippen LogP contribution in [0.2, 0.25) is 0 Å². The van der Waals surface area contributed by atoms with Gasteiger partial charge in [0.05, 0.1) is 5.56 Å². The van der Waals surface area contributed by atoms with Gasteiger partial charge in [0.25, 0.3) is 0 Å². The summed E-state index contributed by atoms with van der Waals surface area (Å²) in [5.74, 6) is 0.448. The molecule has 1 aromatic carbocycles. The van der Waals surface area contributed by atoms with Crippen LogP contribution in [0, 0.1) is 0 Å². The fourth-order valence-electron chi connectivity index (χ4n) is 1.16. The van der Waals surface area contributed by atoms with Gasteiger partial charge in [-0.25, -0.2) is 0 Å². The Labute approximate surface area is 83.0 Å². The Hall–Kier alpha value is -1.85. The minimum atomic E-state index is -4.31. The van der Waals surface area contributed by atoms with Crippen LogP contribution in [-0.2, 0) is 6.18 Å². The molecule has 0 bridgehead atoms. The van der Waals surface area contributed by atoms with Crippen LogP contribution in [0.3, 0.4) is 0 Å². The van der Waals surface area contributed by atoms with Gasteiger partial charge in [0.2, 0.25) is 0 Å². The minimum absolute atomic E-state index is 0.448. The highest BCUT2D eigenvalue weighted by Gasteiger charge is 2.29. The van der Waals surface area contributed by atoms with Gasteiger partial charge in [0, 0.05) is 5.56 Å². The molecule has 15 heavy (non-hydrogen) atoms. The van der Waals surface area contributed by atoms with E-state index in [2.05, 4.69) is 15.2 Å². The summed E-state index contributed by atoms with van der Waals surface area (Å²) in [6, 6.07) is 4.72. The number of nitrogens with zero attached hydrogens (tertiary/aromatic N) is 2. The van der Waals surface area contributed by atoms with E-state index in [9.17, 15) is 13.2 Å². The average Bonchev–Trinajstić information content (AvgIpc) is 2.69. The Morgan fingerprint density at radius 1 is 1.07 bits per heavy atom. The second-order valence-corrected chi connectivity index (χ2v) is 2.91. The average molecular weight is 213 g/mol. The molecule has 1 N–H and O–H groups in total. The number of rotatable bonds is 1. The van der Waals surface area contributed by atoms with Crippen molar-refractivity contribution in [2.75, 3.05) is 0 Å². The molecule has 3 nitrogen and oxygen atoms in total. The molecule has 1 aromatic heterocycles. The smallest absolute Gasteiger partial charge is 0.328 e. The number of H-pyrrole nitrogens is 1. The number of hydrogen-bond donors (Lipinski definition) is 1. The molecule has 0 radical (unpaired) electrons. The molecule has 2 rings (SSSR count). The van der Waals surface area contributed by atoms with E-state index in [4.69, 9.17) is 0 Å². The van der Waals surface area contributed by atoms with E-state index in [0.717, 1.165) is 12.1 Å². The summed E-state index contributed by atoms with van der Waals surface area (Å²) in [7, 11) is 0. The maximum atomic E-state index is 12.2. The van der Waals surface area contributed by atoms with E-state index in [0.29, 0.717) is 11.4 Å². The standard InChI is InChI=1S/C9H6F3N3/c10-9(11,12)7-3-1-6(2-4-7)8-13-5-14-15-8/h1-5H,(H,13,14,15). The first kappa shape index (κ1) is 9.70. The van der Waals surface area contributed by atoms with Crippen molar-refractivity contribution in [3.63, 3.8) is 0 Å². The maximum absolute atomic E-state index is 12.2. The molecule has 2 aromatic rings. The van der Waals surface area contributed by atoms with E-state index >= 15 is 0 Å². The summed E-state index contributed by atoms with van der Waals surface area (Å²) < 4.78 is 36.7. The molecule has 1 heterocycles.